The lowest BCUT2D eigenvalue weighted by atomic mass is 9.86. The summed E-state index contributed by atoms with van der Waals surface area (Å²) in [4.78, 5) is 21.9. The molecule has 1 aliphatic rings. The van der Waals surface area contributed by atoms with Crippen LogP contribution in [0.25, 0.3) is 0 Å². The molecule has 0 bridgehead atoms. The molecule has 2 aromatic carbocycles. The number of rotatable bonds is 15. The Morgan fingerprint density at radius 2 is 1.69 bits per heavy atom. The lowest BCUT2D eigenvalue weighted by molar-refractivity contribution is -0.384. The van der Waals surface area contributed by atoms with Crippen LogP contribution in [0.4, 0.5) is 22.7 Å². The molecule has 1 atom stereocenters. The zero-order valence-corrected chi connectivity index (χ0v) is 21.2. The number of unbranched alkanes of at least 4 members (excludes halogenated alkanes) is 9. The molecule has 0 saturated heterocycles. The van der Waals surface area contributed by atoms with Crippen molar-refractivity contribution in [1.29, 1.82) is 0 Å². The van der Waals surface area contributed by atoms with Crippen LogP contribution in [0.2, 0.25) is 0 Å². The maximum Gasteiger partial charge on any atom is 0.335 e. The molecule has 1 heterocycles. The Morgan fingerprint density at radius 3 is 2.36 bits per heavy atom. The summed E-state index contributed by atoms with van der Waals surface area (Å²) in [5.41, 5.74) is 2.47. The SMILES string of the molecule is CCCCCCCCCCCCC1CCNc2ccc(N=Nc3ccc(C(=O)O)cc3[N+](=O)[O-])cc21. The average molecular weight is 495 g/mol. The molecule has 0 aromatic heterocycles. The van der Waals surface area contributed by atoms with Gasteiger partial charge in [0.25, 0.3) is 5.69 Å². The van der Waals surface area contributed by atoms with Gasteiger partial charge >= 0.3 is 5.97 Å². The minimum Gasteiger partial charge on any atom is -0.478 e. The second kappa shape index (κ2) is 14.3. The number of nitrogens with zero attached hydrogens (tertiary/aromatic N) is 3. The minimum atomic E-state index is -1.22. The quantitative estimate of drug-likeness (QED) is 0.111. The zero-order valence-electron chi connectivity index (χ0n) is 21.2. The number of carboxylic acids is 1. The molecule has 1 unspecified atom stereocenters. The van der Waals surface area contributed by atoms with Gasteiger partial charge in [-0.05, 0) is 54.7 Å². The fourth-order valence-corrected chi connectivity index (χ4v) is 4.82. The molecule has 194 valence electrons. The lowest BCUT2D eigenvalue weighted by Gasteiger charge is -2.27. The molecule has 0 fully saturated rings. The average Bonchev–Trinajstić information content (AvgIpc) is 2.88. The summed E-state index contributed by atoms with van der Waals surface area (Å²) in [5.74, 6) is -0.758. The van der Waals surface area contributed by atoms with Crippen molar-refractivity contribution in [1.82, 2.24) is 0 Å². The van der Waals surface area contributed by atoms with Gasteiger partial charge in [-0.25, -0.2) is 4.79 Å². The van der Waals surface area contributed by atoms with Crippen molar-refractivity contribution in [3.05, 3.63) is 57.6 Å². The Kier molecular flexibility index (Phi) is 10.9. The third-order valence-corrected chi connectivity index (χ3v) is 6.88. The zero-order chi connectivity index (χ0) is 25.8. The molecule has 0 amide bonds. The molecule has 8 heteroatoms. The number of anilines is 1. The topological polar surface area (TPSA) is 117 Å². The second-order valence-electron chi connectivity index (χ2n) is 9.62. The lowest BCUT2D eigenvalue weighted by Crippen LogP contribution is -2.16. The highest BCUT2D eigenvalue weighted by Gasteiger charge is 2.21. The van der Waals surface area contributed by atoms with Gasteiger partial charge in [-0.2, -0.15) is 5.11 Å². The molecule has 1 aliphatic heterocycles. The summed E-state index contributed by atoms with van der Waals surface area (Å²) < 4.78 is 0. The molecule has 0 radical (unpaired) electrons. The Morgan fingerprint density at radius 1 is 1.00 bits per heavy atom. The molecular weight excluding hydrogens is 456 g/mol. The number of nitrogens with one attached hydrogen (secondary N) is 1. The van der Waals surface area contributed by atoms with Crippen molar-refractivity contribution < 1.29 is 14.8 Å². The van der Waals surface area contributed by atoms with Crippen molar-refractivity contribution in [2.45, 2.75) is 89.9 Å². The number of benzene rings is 2. The van der Waals surface area contributed by atoms with E-state index in [9.17, 15) is 14.9 Å². The van der Waals surface area contributed by atoms with Crippen LogP contribution in [-0.4, -0.2) is 22.5 Å². The van der Waals surface area contributed by atoms with Crippen molar-refractivity contribution >= 4 is 28.7 Å². The Bertz CT molecular complexity index is 1050. The number of carbonyl (C=O) groups is 1. The molecular formula is C28H38N4O4. The van der Waals surface area contributed by atoms with Crippen molar-refractivity contribution in [2.24, 2.45) is 10.2 Å². The van der Waals surface area contributed by atoms with Gasteiger partial charge in [-0.15, -0.1) is 5.11 Å². The van der Waals surface area contributed by atoms with Gasteiger partial charge in [0, 0.05) is 18.3 Å². The number of nitro groups is 1. The summed E-state index contributed by atoms with van der Waals surface area (Å²) in [6, 6.07) is 9.48. The number of carboxylic acid groups (broad SMARTS) is 1. The molecule has 0 saturated carbocycles. The first kappa shape index (κ1) is 27.3. The summed E-state index contributed by atoms with van der Waals surface area (Å²) in [5, 5.41) is 32.2. The number of azo groups is 1. The van der Waals surface area contributed by atoms with Crippen LogP contribution in [0.1, 0.15) is 106 Å². The monoisotopic (exact) mass is 494 g/mol. The minimum absolute atomic E-state index is 0.0303. The van der Waals surface area contributed by atoms with Crippen molar-refractivity contribution in [2.75, 3.05) is 11.9 Å². The molecule has 8 nitrogen and oxygen atoms in total. The fourth-order valence-electron chi connectivity index (χ4n) is 4.82. The van der Waals surface area contributed by atoms with Crippen LogP contribution in [0.5, 0.6) is 0 Å². The van der Waals surface area contributed by atoms with E-state index in [-0.39, 0.29) is 16.9 Å². The number of fused-ring (bicyclic) bond motifs is 1. The van der Waals surface area contributed by atoms with Crippen molar-refractivity contribution in [3.8, 4) is 0 Å². The number of aromatic carboxylic acids is 1. The summed E-state index contributed by atoms with van der Waals surface area (Å²) in [6.45, 7) is 3.21. The summed E-state index contributed by atoms with van der Waals surface area (Å²) in [7, 11) is 0. The van der Waals surface area contributed by atoms with E-state index < -0.39 is 10.9 Å². The first-order valence-corrected chi connectivity index (χ1v) is 13.3. The highest BCUT2D eigenvalue weighted by atomic mass is 16.6. The van der Waals surface area contributed by atoms with E-state index in [0.29, 0.717) is 11.6 Å². The van der Waals surface area contributed by atoms with E-state index >= 15 is 0 Å². The van der Waals surface area contributed by atoms with Gasteiger partial charge in [0.05, 0.1) is 16.2 Å². The van der Waals surface area contributed by atoms with Gasteiger partial charge in [0.1, 0.15) is 0 Å². The predicted octanol–water partition coefficient (Wildman–Crippen LogP) is 8.92. The van der Waals surface area contributed by atoms with E-state index in [1.165, 1.54) is 81.9 Å². The van der Waals surface area contributed by atoms with Gasteiger partial charge < -0.3 is 10.4 Å². The standard InChI is InChI=1S/C28H38N4O4/c1-2-3-4-5-6-7-8-9-10-11-12-21-17-18-29-25-16-14-23(20-24(21)25)30-31-26-15-13-22(28(33)34)19-27(26)32(35)36/h13-16,19-21,29H,2-12,17-18H2,1H3,(H,33,34). The number of hydrogen-bond acceptors (Lipinski definition) is 6. The van der Waals surface area contributed by atoms with Crippen LogP contribution in [0, 0.1) is 10.1 Å². The highest BCUT2D eigenvalue weighted by Crippen LogP contribution is 2.38. The fraction of sp³-hybridized carbons (Fsp3) is 0.536. The summed E-state index contributed by atoms with van der Waals surface area (Å²) >= 11 is 0. The molecule has 3 rings (SSSR count). The predicted molar refractivity (Wildman–Crippen MR) is 143 cm³/mol. The van der Waals surface area contributed by atoms with E-state index in [1.54, 1.807) is 0 Å². The molecule has 36 heavy (non-hydrogen) atoms. The van der Waals surface area contributed by atoms with Crippen molar-refractivity contribution in [3.63, 3.8) is 0 Å². The van der Waals surface area contributed by atoms with Gasteiger partial charge in [0.2, 0.25) is 0 Å². The highest BCUT2D eigenvalue weighted by molar-refractivity contribution is 5.89. The first-order chi connectivity index (χ1) is 17.5. The Hall–Kier alpha value is -3.29. The van der Waals surface area contributed by atoms with E-state index in [0.717, 1.165) is 31.1 Å². The van der Waals surface area contributed by atoms with E-state index in [1.807, 2.05) is 18.2 Å². The van der Waals surface area contributed by atoms with Gasteiger partial charge in [0.15, 0.2) is 5.69 Å². The molecule has 2 aromatic rings. The second-order valence-corrected chi connectivity index (χ2v) is 9.62. The van der Waals surface area contributed by atoms with E-state index in [4.69, 9.17) is 5.11 Å². The molecule has 2 N–H and O–H groups in total. The third kappa shape index (κ3) is 8.14. The van der Waals surface area contributed by atoms with Crippen LogP contribution >= 0.6 is 0 Å². The van der Waals surface area contributed by atoms with Gasteiger partial charge in [-0.3, -0.25) is 10.1 Å². The smallest absolute Gasteiger partial charge is 0.335 e. The van der Waals surface area contributed by atoms with Crippen LogP contribution in [-0.2, 0) is 0 Å². The van der Waals surface area contributed by atoms with Crippen LogP contribution in [0.3, 0.4) is 0 Å². The largest absolute Gasteiger partial charge is 0.478 e. The van der Waals surface area contributed by atoms with Gasteiger partial charge in [-0.1, -0.05) is 71.1 Å². The Balaban J connectivity index is 1.56. The third-order valence-electron chi connectivity index (χ3n) is 6.88. The van der Waals surface area contributed by atoms with E-state index in [2.05, 4.69) is 22.5 Å². The molecule has 0 spiro atoms. The molecule has 0 aliphatic carbocycles. The summed E-state index contributed by atoms with van der Waals surface area (Å²) in [6.07, 6.45) is 15.5. The Labute approximate surface area is 213 Å². The normalized spacial score (nSPS) is 15.0. The van der Waals surface area contributed by atoms with Crippen LogP contribution in [0.15, 0.2) is 46.6 Å². The first-order valence-electron chi connectivity index (χ1n) is 13.3. The number of hydrogen-bond donors (Lipinski definition) is 2. The van der Waals surface area contributed by atoms with Crippen LogP contribution < -0.4 is 5.32 Å². The maximum atomic E-state index is 11.4. The number of nitro benzene ring substituents is 1. The maximum absolute atomic E-state index is 11.4.